The summed E-state index contributed by atoms with van der Waals surface area (Å²) in [4.78, 5) is 0. The third-order valence-electron chi connectivity index (χ3n) is 2.54. The van der Waals surface area contributed by atoms with E-state index in [1.54, 1.807) is 0 Å². The highest BCUT2D eigenvalue weighted by atomic mass is 19.4. The van der Waals surface area contributed by atoms with Crippen LogP contribution < -0.4 is 5.32 Å². The summed E-state index contributed by atoms with van der Waals surface area (Å²) < 4.78 is 38.2. The topological polar surface area (TPSA) is 50.1 Å². The number of aryl methyl sites for hydroxylation is 1. The zero-order chi connectivity index (χ0) is 13.6. The molecule has 0 radical (unpaired) electrons. The van der Waals surface area contributed by atoms with Gasteiger partial charge in [0.05, 0.1) is 6.61 Å². The van der Waals surface area contributed by atoms with Crippen molar-refractivity contribution in [1.29, 1.82) is 0 Å². The minimum atomic E-state index is -4.40. The minimum absolute atomic E-state index is 0.0343. The van der Waals surface area contributed by atoms with E-state index in [1.807, 2.05) is 6.92 Å². The van der Waals surface area contributed by atoms with E-state index in [2.05, 4.69) is 10.4 Å². The van der Waals surface area contributed by atoms with Crippen LogP contribution >= 0.6 is 0 Å². The second kappa shape index (κ2) is 6.75. The van der Waals surface area contributed by atoms with Crippen molar-refractivity contribution in [3.8, 4) is 0 Å². The predicted molar refractivity (Wildman–Crippen MR) is 61.0 cm³/mol. The smallest absolute Gasteiger partial charge is 0.395 e. The van der Waals surface area contributed by atoms with Gasteiger partial charge in [-0.25, -0.2) is 0 Å². The van der Waals surface area contributed by atoms with Gasteiger partial charge < -0.3 is 10.4 Å². The molecule has 0 aliphatic heterocycles. The molecule has 0 aliphatic rings. The van der Waals surface area contributed by atoms with Crippen LogP contribution in [0.5, 0.6) is 0 Å². The number of hydrogen-bond donors (Lipinski definition) is 2. The van der Waals surface area contributed by atoms with Crippen LogP contribution in [0.25, 0.3) is 0 Å². The molecule has 1 rings (SSSR count). The lowest BCUT2D eigenvalue weighted by molar-refractivity contribution is -0.141. The van der Waals surface area contributed by atoms with Crippen molar-refractivity contribution in [2.24, 2.45) is 0 Å². The van der Waals surface area contributed by atoms with Gasteiger partial charge in [0, 0.05) is 18.8 Å². The molecule has 0 saturated heterocycles. The fourth-order valence-electron chi connectivity index (χ4n) is 1.53. The number of rotatable bonds is 7. The standard InChI is InChI=1S/C11H18F3N3O/c1-2-5-15-9(8-18)3-6-17-7-4-10(16-17)11(12,13)14/h4,7,9,15,18H,2-3,5-6,8H2,1H3. The van der Waals surface area contributed by atoms with E-state index in [1.165, 1.54) is 10.9 Å². The van der Waals surface area contributed by atoms with E-state index in [0.29, 0.717) is 13.0 Å². The van der Waals surface area contributed by atoms with E-state index >= 15 is 0 Å². The molecule has 1 aromatic rings. The van der Waals surface area contributed by atoms with Crippen molar-refractivity contribution in [3.05, 3.63) is 18.0 Å². The van der Waals surface area contributed by atoms with Crippen LogP contribution in [0.1, 0.15) is 25.5 Å². The van der Waals surface area contributed by atoms with Crippen molar-refractivity contribution >= 4 is 0 Å². The number of alkyl halides is 3. The summed E-state index contributed by atoms with van der Waals surface area (Å²) in [6.45, 7) is 3.09. The number of nitrogens with zero attached hydrogens (tertiary/aromatic N) is 2. The molecule has 0 amide bonds. The number of nitrogens with one attached hydrogen (secondary N) is 1. The molecule has 1 unspecified atom stereocenters. The zero-order valence-electron chi connectivity index (χ0n) is 10.2. The van der Waals surface area contributed by atoms with Crippen LogP contribution in [0.4, 0.5) is 13.2 Å². The first kappa shape index (κ1) is 15.0. The van der Waals surface area contributed by atoms with Gasteiger partial charge in [0.15, 0.2) is 5.69 Å². The number of aliphatic hydroxyl groups excluding tert-OH is 1. The zero-order valence-corrected chi connectivity index (χ0v) is 10.2. The summed E-state index contributed by atoms with van der Waals surface area (Å²) in [5.41, 5.74) is -0.885. The third kappa shape index (κ3) is 4.66. The largest absolute Gasteiger partial charge is 0.435 e. The summed E-state index contributed by atoms with van der Waals surface area (Å²) in [7, 11) is 0. The van der Waals surface area contributed by atoms with E-state index < -0.39 is 11.9 Å². The van der Waals surface area contributed by atoms with Crippen molar-refractivity contribution in [2.75, 3.05) is 13.2 Å². The Morgan fingerprint density at radius 3 is 2.72 bits per heavy atom. The number of hydrogen-bond acceptors (Lipinski definition) is 3. The average molecular weight is 265 g/mol. The van der Waals surface area contributed by atoms with Gasteiger partial charge in [0.25, 0.3) is 0 Å². The monoisotopic (exact) mass is 265 g/mol. The van der Waals surface area contributed by atoms with E-state index in [4.69, 9.17) is 5.11 Å². The molecular formula is C11H18F3N3O. The third-order valence-corrected chi connectivity index (χ3v) is 2.54. The van der Waals surface area contributed by atoms with Crippen LogP contribution in [-0.4, -0.2) is 34.1 Å². The molecule has 0 spiro atoms. The molecule has 0 fully saturated rings. The Morgan fingerprint density at radius 2 is 2.22 bits per heavy atom. The first-order valence-corrected chi connectivity index (χ1v) is 5.92. The normalized spacial score (nSPS) is 13.8. The average Bonchev–Trinajstić information content (AvgIpc) is 2.78. The number of aliphatic hydroxyl groups is 1. The summed E-state index contributed by atoms with van der Waals surface area (Å²) in [5.74, 6) is 0. The number of aromatic nitrogens is 2. The Kier molecular flexibility index (Phi) is 5.61. The van der Waals surface area contributed by atoms with Gasteiger partial charge >= 0.3 is 6.18 Å². The second-order valence-electron chi connectivity index (χ2n) is 4.08. The summed E-state index contributed by atoms with van der Waals surface area (Å²) in [6.07, 6.45) is -1.62. The predicted octanol–water partition coefficient (Wildman–Crippen LogP) is 1.65. The molecule has 1 aromatic heterocycles. The van der Waals surface area contributed by atoms with Crippen LogP contribution in [0.15, 0.2) is 12.3 Å². The molecule has 4 nitrogen and oxygen atoms in total. The van der Waals surface area contributed by atoms with E-state index in [-0.39, 0.29) is 12.6 Å². The summed E-state index contributed by atoms with van der Waals surface area (Å²) >= 11 is 0. The molecule has 2 N–H and O–H groups in total. The van der Waals surface area contributed by atoms with Gasteiger partial charge in [-0.1, -0.05) is 6.92 Å². The highest BCUT2D eigenvalue weighted by molar-refractivity contribution is 5.03. The Labute approximate surface area is 104 Å². The molecule has 1 heterocycles. The Morgan fingerprint density at radius 1 is 1.50 bits per heavy atom. The molecule has 0 aliphatic carbocycles. The Balaban J connectivity index is 2.45. The lowest BCUT2D eigenvalue weighted by Gasteiger charge is -2.15. The Bertz CT molecular complexity index is 352. The maximum absolute atomic E-state index is 12.3. The van der Waals surface area contributed by atoms with Gasteiger partial charge in [-0.2, -0.15) is 18.3 Å². The molecule has 1 atom stereocenters. The van der Waals surface area contributed by atoms with Crippen LogP contribution in [0, 0.1) is 0 Å². The Hall–Kier alpha value is -1.08. The highest BCUT2D eigenvalue weighted by Crippen LogP contribution is 2.27. The number of halogens is 3. The fraction of sp³-hybridized carbons (Fsp3) is 0.727. The van der Waals surface area contributed by atoms with Crippen LogP contribution in [0.3, 0.4) is 0 Å². The fourth-order valence-corrected chi connectivity index (χ4v) is 1.53. The summed E-state index contributed by atoms with van der Waals surface area (Å²) in [6, 6.07) is 0.844. The molecule has 18 heavy (non-hydrogen) atoms. The van der Waals surface area contributed by atoms with Crippen LogP contribution in [-0.2, 0) is 12.7 Å². The molecule has 0 saturated carbocycles. The van der Waals surface area contributed by atoms with Crippen molar-refractivity contribution in [3.63, 3.8) is 0 Å². The van der Waals surface area contributed by atoms with Gasteiger partial charge in [-0.3, -0.25) is 4.68 Å². The second-order valence-corrected chi connectivity index (χ2v) is 4.08. The lowest BCUT2D eigenvalue weighted by atomic mass is 10.2. The van der Waals surface area contributed by atoms with Gasteiger partial charge in [0.1, 0.15) is 0 Å². The van der Waals surface area contributed by atoms with Gasteiger partial charge in [-0.05, 0) is 25.5 Å². The lowest BCUT2D eigenvalue weighted by Crippen LogP contribution is -2.34. The van der Waals surface area contributed by atoms with Crippen LogP contribution in [0.2, 0.25) is 0 Å². The molecule has 0 bridgehead atoms. The molecular weight excluding hydrogens is 247 g/mol. The minimum Gasteiger partial charge on any atom is -0.395 e. The maximum Gasteiger partial charge on any atom is 0.435 e. The maximum atomic E-state index is 12.3. The molecule has 104 valence electrons. The first-order valence-electron chi connectivity index (χ1n) is 5.92. The molecule has 7 heteroatoms. The van der Waals surface area contributed by atoms with E-state index in [0.717, 1.165) is 19.0 Å². The quantitative estimate of drug-likeness (QED) is 0.788. The van der Waals surface area contributed by atoms with Gasteiger partial charge in [0.2, 0.25) is 0 Å². The van der Waals surface area contributed by atoms with E-state index in [9.17, 15) is 13.2 Å². The van der Waals surface area contributed by atoms with Crippen molar-refractivity contribution < 1.29 is 18.3 Å². The first-order chi connectivity index (χ1) is 8.47. The SMILES string of the molecule is CCCNC(CO)CCn1ccc(C(F)(F)F)n1. The van der Waals surface area contributed by atoms with Crippen molar-refractivity contribution in [2.45, 2.75) is 38.5 Å². The van der Waals surface area contributed by atoms with Crippen molar-refractivity contribution in [1.82, 2.24) is 15.1 Å². The molecule has 0 aromatic carbocycles. The highest BCUT2D eigenvalue weighted by Gasteiger charge is 2.33. The summed E-state index contributed by atoms with van der Waals surface area (Å²) in [5, 5.41) is 15.7. The van der Waals surface area contributed by atoms with Gasteiger partial charge in [-0.15, -0.1) is 0 Å².